The summed E-state index contributed by atoms with van der Waals surface area (Å²) in [6.45, 7) is 3.48. The zero-order chi connectivity index (χ0) is 40.4. The molecule has 300 valence electrons. The number of anilines is 2. The molecule has 0 spiro atoms. The van der Waals surface area contributed by atoms with Crippen molar-refractivity contribution in [2.24, 2.45) is 11.8 Å². The van der Waals surface area contributed by atoms with Crippen LogP contribution in [-0.4, -0.2) is 85.5 Å². The number of likely N-dealkylation sites (tertiary alicyclic amines) is 1. The number of pyridine rings is 1. The summed E-state index contributed by atoms with van der Waals surface area (Å²) >= 11 is 7.12. The van der Waals surface area contributed by atoms with Gasteiger partial charge in [0.15, 0.2) is 11.6 Å². The van der Waals surface area contributed by atoms with E-state index >= 15 is 0 Å². The fourth-order valence-corrected chi connectivity index (χ4v) is 8.20. The second-order valence-corrected chi connectivity index (χ2v) is 15.2. The number of aliphatic carboxylic acids is 1. The molecule has 57 heavy (non-hydrogen) atoms. The highest BCUT2D eigenvalue weighted by Gasteiger charge is 2.30. The molecule has 0 bridgehead atoms. The number of alkyl halides is 4. The third-order valence-electron chi connectivity index (χ3n) is 11.1. The molecular weight excluding hydrogens is 764 g/mol. The molecular formula is C41H43ClF4N8O3. The van der Waals surface area contributed by atoms with Crippen molar-refractivity contribution in [3.8, 4) is 28.3 Å². The van der Waals surface area contributed by atoms with E-state index < -0.39 is 30.6 Å². The summed E-state index contributed by atoms with van der Waals surface area (Å²) in [5.41, 5.74) is 5.80. The van der Waals surface area contributed by atoms with Crippen LogP contribution in [0.1, 0.15) is 61.2 Å². The number of aromatic nitrogens is 5. The topological polar surface area (TPSA) is 129 Å². The lowest BCUT2D eigenvalue weighted by Gasteiger charge is -2.33. The largest absolute Gasteiger partial charge is 0.481 e. The maximum Gasteiger partial charge on any atom is 0.306 e. The Morgan fingerprint density at radius 1 is 1.00 bits per heavy atom. The molecule has 1 saturated carbocycles. The van der Waals surface area contributed by atoms with E-state index in [0.717, 1.165) is 24.0 Å². The van der Waals surface area contributed by atoms with E-state index in [9.17, 15) is 27.5 Å². The zero-order valence-electron chi connectivity index (χ0n) is 31.7. The van der Waals surface area contributed by atoms with Crippen LogP contribution in [0.5, 0.6) is 5.88 Å². The minimum absolute atomic E-state index is 0.0990. The molecule has 16 heteroatoms. The minimum Gasteiger partial charge on any atom is -0.481 e. The number of ether oxygens (including phenoxy) is 1. The molecule has 0 radical (unpaired) electrons. The van der Waals surface area contributed by atoms with Crippen LogP contribution in [-0.2, 0) is 17.9 Å². The first-order chi connectivity index (χ1) is 27.4. The molecule has 1 atom stereocenters. The number of hydrogen-bond donors (Lipinski definition) is 2. The molecule has 4 heterocycles. The van der Waals surface area contributed by atoms with Gasteiger partial charge in [0, 0.05) is 54.6 Å². The van der Waals surface area contributed by atoms with Gasteiger partial charge in [0.25, 0.3) is 6.43 Å². The van der Waals surface area contributed by atoms with E-state index in [2.05, 4.69) is 25.2 Å². The first kappa shape index (κ1) is 40.2. The summed E-state index contributed by atoms with van der Waals surface area (Å²) in [5, 5.41) is 13.0. The fraction of sp³-hybridized carbons (Fsp3) is 0.415. The smallest absolute Gasteiger partial charge is 0.306 e. The molecule has 5 aromatic rings. The van der Waals surface area contributed by atoms with Crippen LogP contribution in [0, 0.1) is 18.8 Å². The van der Waals surface area contributed by atoms with Crippen molar-refractivity contribution in [2.45, 2.75) is 71.0 Å². The summed E-state index contributed by atoms with van der Waals surface area (Å²) < 4.78 is 60.3. The predicted octanol–water partition coefficient (Wildman–Crippen LogP) is 8.96. The van der Waals surface area contributed by atoms with Crippen LogP contribution < -0.4 is 10.1 Å². The Bertz CT molecular complexity index is 2260. The summed E-state index contributed by atoms with van der Waals surface area (Å²) in [5.74, 6) is -1.92. The number of halogens is 5. The quantitative estimate of drug-likeness (QED) is 0.111. The van der Waals surface area contributed by atoms with Gasteiger partial charge in [-0.25, -0.2) is 32.5 Å². The summed E-state index contributed by atoms with van der Waals surface area (Å²) in [4.78, 5) is 37.8. The van der Waals surface area contributed by atoms with Crippen LogP contribution >= 0.6 is 11.6 Å². The molecule has 0 unspecified atom stereocenters. The van der Waals surface area contributed by atoms with Crippen molar-refractivity contribution >= 4 is 40.1 Å². The molecule has 2 fully saturated rings. The number of methoxy groups -OCH3 is 1. The Balaban J connectivity index is 1.13. The molecule has 1 aliphatic carbocycles. The van der Waals surface area contributed by atoms with E-state index in [1.54, 1.807) is 24.5 Å². The number of fused-ring (bicyclic) bond motifs is 1. The van der Waals surface area contributed by atoms with Gasteiger partial charge in [-0.15, -0.1) is 0 Å². The van der Waals surface area contributed by atoms with Gasteiger partial charge in [0.05, 0.1) is 35.5 Å². The van der Waals surface area contributed by atoms with Crippen molar-refractivity contribution < 1.29 is 32.2 Å². The predicted molar refractivity (Wildman–Crippen MR) is 209 cm³/mol. The van der Waals surface area contributed by atoms with Gasteiger partial charge in [-0.3, -0.25) is 24.6 Å². The second-order valence-electron chi connectivity index (χ2n) is 14.8. The first-order valence-corrected chi connectivity index (χ1v) is 19.2. The number of carbonyl (C=O) groups is 1. The fourth-order valence-electron chi connectivity index (χ4n) is 7.88. The average Bonchev–Trinajstić information content (AvgIpc) is 3.68. The number of hydrogen-bond acceptors (Lipinski definition) is 10. The molecule has 2 aliphatic rings. The maximum absolute atomic E-state index is 14.1. The van der Waals surface area contributed by atoms with Crippen LogP contribution in [0.15, 0.2) is 54.9 Å². The van der Waals surface area contributed by atoms with Crippen molar-refractivity contribution in [1.82, 2.24) is 34.7 Å². The number of rotatable bonds is 13. The van der Waals surface area contributed by atoms with Crippen molar-refractivity contribution in [2.75, 3.05) is 32.6 Å². The Labute approximate surface area is 332 Å². The number of nitrogens with zero attached hydrogens (tertiary/aromatic N) is 7. The van der Waals surface area contributed by atoms with Crippen LogP contribution in [0.25, 0.3) is 33.4 Å². The highest BCUT2D eigenvalue weighted by atomic mass is 35.5. The normalized spacial score (nSPS) is 18.9. The monoisotopic (exact) mass is 806 g/mol. The Hall–Kier alpha value is -4.99. The van der Waals surface area contributed by atoms with E-state index in [1.165, 1.54) is 7.11 Å². The highest BCUT2D eigenvalue weighted by Crippen LogP contribution is 2.40. The lowest BCUT2D eigenvalue weighted by Crippen LogP contribution is -2.36. The number of benzene rings is 2. The van der Waals surface area contributed by atoms with Gasteiger partial charge in [-0.05, 0) is 81.4 Å². The highest BCUT2D eigenvalue weighted by molar-refractivity contribution is 6.36. The standard InChI is InChI=1S/C41H43ClF4N8O3/c1-22-27(28-7-4-8-29(34(28)42)32-18-47-33(40(51-32)57-3)21-53(2)26-12-10-24(11-13-26)41(55)56)6-5-9-30(22)49-38-35-31(50-39(52-38)37(45)46)16-23(17-48-35)19-54-15-14-25(20-54)36(43)44/h4-9,16-18,24-26,36-37H,10-15,19-21H2,1-3H3,(H,55,56)(H,49,50,52)/t24?,25-,26?/m1/s1. The minimum atomic E-state index is -2.94. The van der Waals surface area contributed by atoms with Gasteiger partial charge in [0.1, 0.15) is 11.2 Å². The third kappa shape index (κ3) is 8.80. The van der Waals surface area contributed by atoms with E-state index in [1.807, 2.05) is 49.2 Å². The second kappa shape index (κ2) is 17.2. The van der Waals surface area contributed by atoms with Gasteiger partial charge in [-0.1, -0.05) is 41.9 Å². The van der Waals surface area contributed by atoms with E-state index in [4.69, 9.17) is 26.3 Å². The van der Waals surface area contributed by atoms with Crippen LogP contribution in [0.2, 0.25) is 5.02 Å². The molecule has 1 aliphatic heterocycles. The molecule has 11 nitrogen and oxygen atoms in total. The SMILES string of the molecule is COc1nc(-c2cccc(-c3cccc(Nc4nc(C(F)F)nc5cc(CN6CC[C@@H](C(F)F)C6)cnc45)c3C)c2Cl)cnc1CN(C)C1CCC(C(=O)O)CC1. The number of carboxylic acids is 1. The maximum atomic E-state index is 14.1. The van der Waals surface area contributed by atoms with E-state index in [0.29, 0.717) is 83.6 Å². The molecule has 0 amide bonds. The number of carboxylic acid groups (broad SMARTS) is 1. The zero-order valence-corrected chi connectivity index (χ0v) is 32.5. The van der Waals surface area contributed by atoms with Crippen molar-refractivity contribution in [3.63, 3.8) is 0 Å². The Morgan fingerprint density at radius 2 is 1.74 bits per heavy atom. The van der Waals surface area contributed by atoms with Crippen LogP contribution in [0.3, 0.4) is 0 Å². The molecule has 2 aromatic carbocycles. The van der Waals surface area contributed by atoms with Gasteiger partial charge in [0.2, 0.25) is 12.3 Å². The van der Waals surface area contributed by atoms with E-state index in [-0.39, 0.29) is 35.4 Å². The van der Waals surface area contributed by atoms with Gasteiger partial charge >= 0.3 is 5.97 Å². The average molecular weight is 807 g/mol. The summed E-state index contributed by atoms with van der Waals surface area (Å²) in [7, 11) is 3.53. The molecule has 2 N–H and O–H groups in total. The summed E-state index contributed by atoms with van der Waals surface area (Å²) in [6.07, 6.45) is 1.19. The van der Waals surface area contributed by atoms with Gasteiger partial charge in [-0.2, -0.15) is 0 Å². The first-order valence-electron chi connectivity index (χ1n) is 18.8. The Morgan fingerprint density at radius 3 is 2.44 bits per heavy atom. The summed E-state index contributed by atoms with van der Waals surface area (Å²) in [6, 6.07) is 13.0. The molecule has 7 rings (SSSR count). The molecule has 3 aromatic heterocycles. The third-order valence-corrected chi connectivity index (χ3v) is 11.5. The van der Waals surface area contributed by atoms with Crippen LogP contribution in [0.4, 0.5) is 29.1 Å². The Kier molecular flexibility index (Phi) is 12.2. The lowest BCUT2D eigenvalue weighted by atomic mass is 9.85. The lowest BCUT2D eigenvalue weighted by molar-refractivity contribution is -0.143. The van der Waals surface area contributed by atoms with Crippen molar-refractivity contribution in [1.29, 1.82) is 0 Å². The molecule has 1 saturated heterocycles. The van der Waals surface area contributed by atoms with Crippen molar-refractivity contribution in [3.05, 3.63) is 82.5 Å². The van der Waals surface area contributed by atoms with Gasteiger partial charge < -0.3 is 15.2 Å². The number of nitrogens with one attached hydrogen (secondary N) is 1.